The molecule has 2 aromatic rings. The molecule has 0 aliphatic rings. The lowest BCUT2D eigenvalue weighted by Crippen LogP contribution is -2.05. The summed E-state index contributed by atoms with van der Waals surface area (Å²) in [6.45, 7) is 1.91. The number of nitrogens with one attached hydrogen (secondary N) is 1. The Kier molecular flexibility index (Phi) is 4.37. The van der Waals surface area contributed by atoms with Crippen LogP contribution >= 0.6 is 11.6 Å². The molecule has 0 amide bonds. The van der Waals surface area contributed by atoms with Crippen LogP contribution in [0.25, 0.3) is 0 Å². The molecule has 0 aliphatic carbocycles. The van der Waals surface area contributed by atoms with Crippen LogP contribution in [0.15, 0.2) is 29.7 Å². The molecular formula is C13H14ClN5O. The molecule has 7 heteroatoms. The van der Waals surface area contributed by atoms with Gasteiger partial charge in [-0.3, -0.25) is 0 Å². The van der Waals surface area contributed by atoms with Gasteiger partial charge in [0.2, 0.25) is 0 Å². The molecule has 0 saturated carbocycles. The quantitative estimate of drug-likeness (QED) is 0.668. The van der Waals surface area contributed by atoms with Crippen molar-refractivity contribution in [3.63, 3.8) is 0 Å². The van der Waals surface area contributed by atoms with Crippen LogP contribution in [-0.4, -0.2) is 23.3 Å². The van der Waals surface area contributed by atoms with E-state index in [-0.39, 0.29) is 0 Å². The fourth-order valence-corrected chi connectivity index (χ4v) is 1.79. The normalized spacial score (nSPS) is 10.8. The van der Waals surface area contributed by atoms with Gasteiger partial charge in [-0.15, -0.1) is 0 Å². The van der Waals surface area contributed by atoms with E-state index in [0.717, 1.165) is 11.3 Å². The van der Waals surface area contributed by atoms with Crippen LogP contribution in [0.3, 0.4) is 0 Å². The average Bonchev–Trinajstić information content (AvgIpc) is 2.43. The molecule has 1 aromatic carbocycles. The lowest BCUT2D eigenvalue weighted by atomic mass is 10.2. The number of hydrogen-bond donors (Lipinski definition) is 2. The van der Waals surface area contributed by atoms with Gasteiger partial charge in [0.25, 0.3) is 0 Å². The summed E-state index contributed by atoms with van der Waals surface area (Å²) < 4.78 is 0. The number of benzene rings is 1. The van der Waals surface area contributed by atoms with Crippen molar-refractivity contribution in [3.8, 4) is 0 Å². The predicted octanol–water partition coefficient (Wildman–Crippen LogP) is 2.74. The Morgan fingerprint density at radius 1 is 1.40 bits per heavy atom. The van der Waals surface area contributed by atoms with Crippen LogP contribution in [0.4, 0.5) is 17.3 Å². The minimum Gasteiger partial charge on any atom is -0.399 e. The first-order valence-electron chi connectivity index (χ1n) is 5.82. The number of anilines is 3. The van der Waals surface area contributed by atoms with Crippen molar-refractivity contribution >= 4 is 35.1 Å². The maximum Gasteiger partial charge on any atom is 0.144 e. The Balaban J connectivity index is 2.41. The SMILES string of the molecule is CON=Cc1c(N)ncnc1Nc1cccc(Cl)c1C. The minimum atomic E-state index is 0.308. The van der Waals surface area contributed by atoms with Gasteiger partial charge in [-0.1, -0.05) is 22.8 Å². The molecule has 0 unspecified atom stereocenters. The number of nitrogens with zero attached hydrogens (tertiary/aromatic N) is 3. The highest BCUT2D eigenvalue weighted by atomic mass is 35.5. The van der Waals surface area contributed by atoms with Gasteiger partial charge in [-0.05, 0) is 24.6 Å². The summed E-state index contributed by atoms with van der Waals surface area (Å²) in [4.78, 5) is 12.8. The van der Waals surface area contributed by atoms with Crippen molar-refractivity contribution in [1.29, 1.82) is 0 Å². The summed E-state index contributed by atoms with van der Waals surface area (Å²) in [7, 11) is 1.45. The zero-order valence-corrected chi connectivity index (χ0v) is 11.8. The van der Waals surface area contributed by atoms with E-state index < -0.39 is 0 Å². The van der Waals surface area contributed by atoms with E-state index in [2.05, 4.69) is 25.3 Å². The van der Waals surface area contributed by atoms with Crippen LogP contribution in [0.5, 0.6) is 0 Å². The maximum absolute atomic E-state index is 6.09. The molecule has 0 atom stereocenters. The zero-order chi connectivity index (χ0) is 14.5. The Morgan fingerprint density at radius 2 is 2.20 bits per heavy atom. The first-order chi connectivity index (χ1) is 9.63. The summed E-state index contributed by atoms with van der Waals surface area (Å²) in [5.41, 5.74) is 8.12. The van der Waals surface area contributed by atoms with Gasteiger partial charge in [0.15, 0.2) is 0 Å². The summed E-state index contributed by atoms with van der Waals surface area (Å²) in [6, 6.07) is 5.57. The smallest absolute Gasteiger partial charge is 0.144 e. The molecule has 0 aliphatic heterocycles. The summed E-state index contributed by atoms with van der Waals surface area (Å²) in [5.74, 6) is 0.839. The van der Waals surface area contributed by atoms with Gasteiger partial charge >= 0.3 is 0 Å². The molecule has 20 heavy (non-hydrogen) atoms. The molecule has 3 N–H and O–H groups in total. The van der Waals surface area contributed by atoms with Gasteiger partial charge in [-0.2, -0.15) is 0 Å². The first-order valence-corrected chi connectivity index (χ1v) is 6.20. The Morgan fingerprint density at radius 3 is 2.95 bits per heavy atom. The number of oxime groups is 1. The molecule has 6 nitrogen and oxygen atoms in total. The van der Waals surface area contributed by atoms with Crippen molar-refractivity contribution < 1.29 is 4.84 Å². The summed E-state index contributed by atoms with van der Waals surface area (Å²) in [5, 5.41) is 7.53. The summed E-state index contributed by atoms with van der Waals surface area (Å²) >= 11 is 6.09. The first kappa shape index (κ1) is 14.1. The lowest BCUT2D eigenvalue weighted by molar-refractivity contribution is 0.215. The molecule has 1 aromatic heterocycles. The van der Waals surface area contributed by atoms with Gasteiger partial charge in [0, 0.05) is 10.7 Å². The van der Waals surface area contributed by atoms with Crippen LogP contribution in [-0.2, 0) is 4.84 Å². The van der Waals surface area contributed by atoms with E-state index >= 15 is 0 Å². The average molecular weight is 292 g/mol. The molecule has 104 valence electrons. The molecule has 0 spiro atoms. The minimum absolute atomic E-state index is 0.308. The van der Waals surface area contributed by atoms with E-state index in [1.165, 1.54) is 19.7 Å². The second kappa shape index (κ2) is 6.21. The molecule has 0 radical (unpaired) electrons. The Hall–Kier alpha value is -2.34. The van der Waals surface area contributed by atoms with Gasteiger partial charge < -0.3 is 15.9 Å². The largest absolute Gasteiger partial charge is 0.399 e. The highest BCUT2D eigenvalue weighted by Gasteiger charge is 2.10. The fraction of sp³-hybridized carbons (Fsp3) is 0.154. The number of aromatic nitrogens is 2. The maximum atomic E-state index is 6.09. The second-order valence-corrected chi connectivity index (χ2v) is 4.38. The highest BCUT2D eigenvalue weighted by Crippen LogP contribution is 2.27. The van der Waals surface area contributed by atoms with Crippen molar-refractivity contribution in [2.45, 2.75) is 6.92 Å². The number of nitrogen functional groups attached to an aromatic ring is 1. The van der Waals surface area contributed by atoms with E-state index in [9.17, 15) is 0 Å². The molecule has 0 bridgehead atoms. The van der Waals surface area contributed by atoms with Crippen LogP contribution in [0.1, 0.15) is 11.1 Å². The van der Waals surface area contributed by atoms with Crippen LogP contribution < -0.4 is 11.1 Å². The topological polar surface area (TPSA) is 85.4 Å². The standard InChI is InChI=1S/C13H14ClN5O/c1-8-10(14)4-3-5-11(8)19-13-9(6-18-20-2)12(15)16-7-17-13/h3-7H,1-2H3,(H3,15,16,17,19). The Labute approximate surface area is 121 Å². The van der Waals surface area contributed by atoms with Crippen molar-refractivity contribution in [2.24, 2.45) is 5.16 Å². The number of halogens is 1. The number of rotatable bonds is 4. The van der Waals surface area contributed by atoms with Gasteiger partial charge in [0.05, 0.1) is 11.8 Å². The second-order valence-electron chi connectivity index (χ2n) is 3.98. The molecule has 0 saturated heterocycles. The third-order valence-corrected chi connectivity index (χ3v) is 3.13. The van der Waals surface area contributed by atoms with Gasteiger partial charge in [0.1, 0.15) is 25.1 Å². The molecular weight excluding hydrogens is 278 g/mol. The van der Waals surface area contributed by atoms with Gasteiger partial charge in [-0.25, -0.2) is 9.97 Å². The monoisotopic (exact) mass is 291 g/mol. The van der Waals surface area contributed by atoms with E-state index in [1.807, 2.05) is 25.1 Å². The van der Waals surface area contributed by atoms with E-state index in [0.29, 0.717) is 22.2 Å². The number of nitrogens with two attached hydrogens (primary N) is 1. The predicted molar refractivity (Wildman–Crippen MR) is 80.5 cm³/mol. The summed E-state index contributed by atoms with van der Waals surface area (Å²) in [6.07, 6.45) is 2.83. The third-order valence-electron chi connectivity index (χ3n) is 2.72. The number of hydrogen-bond acceptors (Lipinski definition) is 6. The van der Waals surface area contributed by atoms with Crippen LogP contribution in [0.2, 0.25) is 5.02 Å². The van der Waals surface area contributed by atoms with Crippen molar-refractivity contribution in [2.75, 3.05) is 18.2 Å². The van der Waals surface area contributed by atoms with Crippen molar-refractivity contribution in [1.82, 2.24) is 9.97 Å². The lowest BCUT2D eigenvalue weighted by Gasteiger charge is -2.12. The highest BCUT2D eigenvalue weighted by molar-refractivity contribution is 6.31. The zero-order valence-electron chi connectivity index (χ0n) is 11.1. The molecule has 2 rings (SSSR count). The third kappa shape index (κ3) is 2.97. The van der Waals surface area contributed by atoms with Crippen LogP contribution in [0, 0.1) is 6.92 Å². The Bertz CT molecular complexity index is 645. The molecule has 1 heterocycles. The molecule has 0 fully saturated rings. The fourth-order valence-electron chi connectivity index (χ4n) is 1.61. The van der Waals surface area contributed by atoms with E-state index in [1.54, 1.807) is 0 Å². The van der Waals surface area contributed by atoms with Crippen molar-refractivity contribution in [3.05, 3.63) is 40.7 Å². The van der Waals surface area contributed by atoms with E-state index in [4.69, 9.17) is 17.3 Å².